The molecule has 0 amide bonds. The van der Waals surface area contributed by atoms with Gasteiger partial charge in [0, 0.05) is 6.61 Å². The van der Waals surface area contributed by atoms with Gasteiger partial charge in [-0.3, -0.25) is 0 Å². The highest BCUT2D eigenvalue weighted by Gasteiger charge is 2.59. The number of aliphatic hydroxyl groups excluding tert-OH is 1. The molecule has 4 aliphatic rings. The lowest BCUT2D eigenvalue weighted by Crippen LogP contribution is -2.51. The molecule has 34 heavy (non-hydrogen) atoms. The lowest BCUT2D eigenvalue weighted by Gasteiger charge is -2.58. The van der Waals surface area contributed by atoms with Crippen molar-refractivity contribution in [3.05, 3.63) is 11.6 Å². The molecule has 3 saturated carbocycles. The molecule has 0 saturated heterocycles. The predicted molar refractivity (Wildman–Crippen MR) is 140 cm³/mol. The van der Waals surface area contributed by atoms with Gasteiger partial charge in [-0.15, -0.1) is 0 Å². The minimum Gasteiger partial charge on any atom is -0.373 e. The highest BCUT2D eigenvalue weighted by Crippen LogP contribution is 2.67. The summed E-state index contributed by atoms with van der Waals surface area (Å²) in [5.74, 6) is 5.33. The van der Waals surface area contributed by atoms with Crippen LogP contribution in [0.15, 0.2) is 11.6 Å². The first-order chi connectivity index (χ1) is 16.2. The van der Waals surface area contributed by atoms with Crippen molar-refractivity contribution in [1.82, 2.24) is 0 Å². The molecule has 9 unspecified atom stereocenters. The van der Waals surface area contributed by atoms with Crippen molar-refractivity contribution < 1.29 is 14.6 Å². The number of hydrogen-bond donors (Lipinski definition) is 1. The van der Waals surface area contributed by atoms with Crippen LogP contribution in [0, 0.1) is 46.3 Å². The molecule has 0 aromatic rings. The Balaban J connectivity index is 1.40. The summed E-state index contributed by atoms with van der Waals surface area (Å²) in [5.41, 5.74) is 2.59. The van der Waals surface area contributed by atoms with Gasteiger partial charge in [0.15, 0.2) is 6.29 Å². The van der Waals surface area contributed by atoms with E-state index in [4.69, 9.17) is 9.47 Å². The molecule has 0 spiro atoms. The van der Waals surface area contributed by atoms with Crippen molar-refractivity contribution in [1.29, 1.82) is 0 Å². The van der Waals surface area contributed by atoms with E-state index in [9.17, 15) is 5.11 Å². The molecule has 9 atom stereocenters. The lowest BCUT2D eigenvalue weighted by atomic mass is 9.47. The van der Waals surface area contributed by atoms with Crippen molar-refractivity contribution in [3.8, 4) is 0 Å². The average Bonchev–Trinajstić information content (AvgIpc) is 3.15. The molecule has 0 aromatic heterocycles. The Bertz CT molecular complexity index is 701. The van der Waals surface area contributed by atoms with Crippen LogP contribution in [0.1, 0.15) is 112 Å². The first-order valence-electron chi connectivity index (χ1n) is 14.8. The van der Waals surface area contributed by atoms with Crippen LogP contribution in [0.3, 0.4) is 0 Å². The standard InChI is InChI=1S/C31H54O3/c1-7-33-29(32)20-34-24-15-17-30(5)23(19-24)11-12-25-27-14-13-26(22(4)10-8-9-21(2)3)31(27,6)18-16-28(25)30/h11,21-22,24-29,32H,7-10,12-20H2,1-6H3. The SMILES string of the molecule is CCOC(O)COC1CCC2(C)C(=CCC3C2CCC2(C)C(C(C)CCCC(C)C)CCC32)C1. The van der Waals surface area contributed by atoms with E-state index >= 15 is 0 Å². The summed E-state index contributed by atoms with van der Waals surface area (Å²) in [6, 6.07) is 0. The third kappa shape index (κ3) is 5.18. The highest BCUT2D eigenvalue weighted by molar-refractivity contribution is 5.25. The number of aliphatic hydroxyl groups is 1. The van der Waals surface area contributed by atoms with Crippen molar-refractivity contribution in [3.63, 3.8) is 0 Å². The molecule has 1 N–H and O–H groups in total. The first kappa shape index (κ1) is 26.7. The number of fused-ring (bicyclic) bond motifs is 5. The van der Waals surface area contributed by atoms with E-state index in [-0.39, 0.29) is 6.10 Å². The second-order valence-electron chi connectivity index (χ2n) is 13.4. The third-order valence-electron chi connectivity index (χ3n) is 11.1. The van der Waals surface area contributed by atoms with E-state index in [1.54, 1.807) is 5.57 Å². The minimum absolute atomic E-state index is 0.238. The molecule has 196 valence electrons. The molecule has 0 radical (unpaired) electrons. The van der Waals surface area contributed by atoms with Gasteiger partial charge in [-0.05, 0) is 105 Å². The molecule has 0 heterocycles. The number of rotatable bonds is 10. The van der Waals surface area contributed by atoms with Crippen LogP contribution >= 0.6 is 0 Å². The van der Waals surface area contributed by atoms with Crippen LogP contribution in [0.2, 0.25) is 0 Å². The smallest absolute Gasteiger partial charge is 0.178 e. The monoisotopic (exact) mass is 474 g/mol. The van der Waals surface area contributed by atoms with Crippen molar-refractivity contribution in [2.24, 2.45) is 46.3 Å². The summed E-state index contributed by atoms with van der Waals surface area (Å²) in [6.45, 7) is 15.3. The zero-order valence-electron chi connectivity index (χ0n) is 23.2. The predicted octanol–water partition coefficient (Wildman–Crippen LogP) is 7.77. The van der Waals surface area contributed by atoms with Gasteiger partial charge < -0.3 is 14.6 Å². The van der Waals surface area contributed by atoms with Crippen molar-refractivity contribution in [2.75, 3.05) is 13.2 Å². The van der Waals surface area contributed by atoms with Crippen LogP contribution in [0.5, 0.6) is 0 Å². The first-order valence-corrected chi connectivity index (χ1v) is 14.8. The van der Waals surface area contributed by atoms with Crippen LogP contribution in [0.25, 0.3) is 0 Å². The Labute approximate surface area is 210 Å². The van der Waals surface area contributed by atoms with E-state index in [0.717, 1.165) is 48.3 Å². The average molecular weight is 475 g/mol. The Morgan fingerprint density at radius 2 is 1.82 bits per heavy atom. The molecule has 3 nitrogen and oxygen atoms in total. The van der Waals surface area contributed by atoms with Crippen LogP contribution in [0.4, 0.5) is 0 Å². The Kier molecular flexibility index (Phi) is 8.58. The van der Waals surface area contributed by atoms with E-state index < -0.39 is 6.29 Å². The number of ether oxygens (including phenoxy) is 2. The molecule has 3 heteroatoms. The molecule has 0 bridgehead atoms. The van der Waals surface area contributed by atoms with Gasteiger partial charge in [0.1, 0.15) is 0 Å². The van der Waals surface area contributed by atoms with Gasteiger partial charge in [0.25, 0.3) is 0 Å². The molecule has 0 aromatic carbocycles. The van der Waals surface area contributed by atoms with Gasteiger partial charge in [-0.1, -0.05) is 65.5 Å². The van der Waals surface area contributed by atoms with Crippen LogP contribution in [-0.4, -0.2) is 30.7 Å². The second kappa shape index (κ2) is 10.9. The summed E-state index contributed by atoms with van der Waals surface area (Å²) in [5, 5.41) is 9.90. The summed E-state index contributed by atoms with van der Waals surface area (Å²) in [4.78, 5) is 0. The normalized spacial score (nSPS) is 41.4. The molecule has 3 fully saturated rings. The lowest BCUT2D eigenvalue weighted by molar-refractivity contribution is -0.151. The van der Waals surface area contributed by atoms with Gasteiger partial charge in [0.05, 0.1) is 12.7 Å². The van der Waals surface area contributed by atoms with Gasteiger partial charge >= 0.3 is 0 Å². The molecular formula is C31H54O3. The zero-order chi connectivity index (χ0) is 24.5. The fourth-order valence-corrected chi connectivity index (χ4v) is 9.25. The van der Waals surface area contributed by atoms with Crippen LogP contribution in [-0.2, 0) is 9.47 Å². The van der Waals surface area contributed by atoms with Gasteiger partial charge in [-0.25, -0.2) is 0 Å². The number of allylic oxidation sites excluding steroid dienone is 1. The zero-order valence-corrected chi connectivity index (χ0v) is 23.2. The molecule has 0 aliphatic heterocycles. The Hall–Kier alpha value is -0.380. The number of hydrogen-bond acceptors (Lipinski definition) is 3. The summed E-state index contributed by atoms with van der Waals surface area (Å²) in [7, 11) is 0. The van der Waals surface area contributed by atoms with E-state index in [1.165, 1.54) is 57.8 Å². The maximum atomic E-state index is 9.90. The molecule has 4 aliphatic carbocycles. The van der Waals surface area contributed by atoms with Crippen LogP contribution < -0.4 is 0 Å². The third-order valence-corrected chi connectivity index (χ3v) is 11.1. The molecule has 4 rings (SSSR count). The largest absolute Gasteiger partial charge is 0.373 e. The van der Waals surface area contributed by atoms with Crippen molar-refractivity contribution >= 4 is 0 Å². The summed E-state index contributed by atoms with van der Waals surface area (Å²) >= 11 is 0. The Morgan fingerprint density at radius 1 is 1.03 bits per heavy atom. The maximum absolute atomic E-state index is 9.90. The van der Waals surface area contributed by atoms with E-state index in [2.05, 4.69) is 40.7 Å². The fraction of sp³-hybridized carbons (Fsp3) is 0.935. The highest BCUT2D eigenvalue weighted by atomic mass is 16.6. The van der Waals surface area contributed by atoms with E-state index in [0.29, 0.717) is 24.0 Å². The van der Waals surface area contributed by atoms with E-state index in [1.807, 2.05) is 6.92 Å². The Morgan fingerprint density at radius 3 is 2.56 bits per heavy atom. The van der Waals surface area contributed by atoms with Crippen molar-refractivity contribution in [2.45, 2.75) is 125 Å². The summed E-state index contributed by atoms with van der Waals surface area (Å²) in [6.07, 6.45) is 16.8. The van der Waals surface area contributed by atoms with Gasteiger partial charge in [0.2, 0.25) is 0 Å². The second-order valence-corrected chi connectivity index (χ2v) is 13.4. The molecular weight excluding hydrogens is 420 g/mol. The minimum atomic E-state index is -0.790. The quantitative estimate of drug-likeness (QED) is 0.260. The topological polar surface area (TPSA) is 38.7 Å². The summed E-state index contributed by atoms with van der Waals surface area (Å²) < 4.78 is 11.3. The van der Waals surface area contributed by atoms with Gasteiger partial charge in [-0.2, -0.15) is 0 Å². The fourth-order valence-electron chi connectivity index (χ4n) is 9.25. The maximum Gasteiger partial charge on any atom is 0.178 e.